The Labute approximate surface area is 153 Å². The number of halogens is 1. The normalized spacial score (nSPS) is 15.4. The lowest BCUT2D eigenvalue weighted by Gasteiger charge is -2.33. The van der Waals surface area contributed by atoms with Crippen LogP contribution in [0.25, 0.3) is 10.8 Å². The Morgan fingerprint density at radius 1 is 1.00 bits per heavy atom. The van der Waals surface area contributed by atoms with Gasteiger partial charge in [-0.3, -0.25) is 0 Å². The molecule has 0 saturated carbocycles. The fourth-order valence-electron chi connectivity index (χ4n) is 3.33. The van der Waals surface area contributed by atoms with Crippen molar-refractivity contribution in [3.8, 4) is 0 Å². The summed E-state index contributed by atoms with van der Waals surface area (Å²) in [5.41, 5.74) is 1.56. The van der Waals surface area contributed by atoms with E-state index in [1.54, 1.807) is 0 Å². The van der Waals surface area contributed by atoms with E-state index in [0.29, 0.717) is 17.5 Å². The predicted molar refractivity (Wildman–Crippen MR) is 105 cm³/mol. The second kappa shape index (κ2) is 7.30. The van der Waals surface area contributed by atoms with Crippen molar-refractivity contribution in [1.29, 1.82) is 0 Å². The molecule has 1 aliphatic heterocycles. The number of nitrogens with one attached hydrogen (secondary N) is 1. The van der Waals surface area contributed by atoms with Crippen molar-refractivity contribution in [1.82, 2.24) is 9.88 Å². The monoisotopic (exact) mass is 350 g/mol. The minimum absolute atomic E-state index is 0.155. The zero-order valence-electron chi connectivity index (χ0n) is 15.0. The van der Waals surface area contributed by atoms with Gasteiger partial charge in [-0.05, 0) is 24.6 Å². The van der Waals surface area contributed by atoms with Gasteiger partial charge in [0.1, 0.15) is 11.6 Å². The van der Waals surface area contributed by atoms with Crippen LogP contribution in [0.5, 0.6) is 0 Å². The lowest BCUT2D eigenvalue weighted by atomic mass is 10.1. The van der Waals surface area contributed by atoms with Gasteiger partial charge in [0.05, 0.1) is 11.9 Å². The van der Waals surface area contributed by atoms with Crippen LogP contribution in [0.1, 0.15) is 5.56 Å². The van der Waals surface area contributed by atoms with Crippen molar-refractivity contribution in [3.63, 3.8) is 0 Å². The van der Waals surface area contributed by atoms with E-state index in [9.17, 15) is 4.39 Å². The van der Waals surface area contributed by atoms with Crippen molar-refractivity contribution >= 4 is 22.3 Å². The summed E-state index contributed by atoms with van der Waals surface area (Å²) in [6.07, 6.45) is 1.83. The number of aromatic nitrogens is 1. The van der Waals surface area contributed by atoms with Crippen molar-refractivity contribution in [2.45, 2.75) is 6.54 Å². The second-order valence-electron chi connectivity index (χ2n) is 6.81. The van der Waals surface area contributed by atoms with E-state index in [2.05, 4.69) is 27.1 Å². The largest absolute Gasteiger partial charge is 0.380 e. The van der Waals surface area contributed by atoms with Gasteiger partial charge < -0.3 is 15.1 Å². The summed E-state index contributed by atoms with van der Waals surface area (Å²) in [5, 5.41) is 4.86. The maximum Gasteiger partial charge on any atom is 0.135 e. The van der Waals surface area contributed by atoms with Crippen LogP contribution in [0, 0.1) is 5.82 Å². The van der Waals surface area contributed by atoms with Gasteiger partial charge in [0, 0.05) is 43.7 Å². The average Bonchev–Trinajstić information content (AvgIpc) is 2.69. The molecule has 1 fully saturated rings. The van der Waals surface area contributed by atoms with Gasteiger partial charge in [-0.25, -0.2) is 9.37 Å². The van der Waals surface area contributed by atoms with Gasteiger partial charge in [-0.1, -0.05) is 36.4 Å². The molecule has 0 bridgehead atoms. The molecule has 0 unspecified atom stereocenters. The highest BCUT2D eigenvalue weighted by molar-refractivity contribution is 5.83. The minimum atomic E-state index is -0.155. The highest BCUT2D eigenvalue weighted by atomic mass is 19.1. The molecular weight excluding hydrogens is 327 g/mol. The number of nitrogens with zero attached hydrogens (tertiary/aromatic N) is 3. The topological polar surface area (TPSA) is 31.4 Å². The fourth-order valence-corrected chi connectivity index (χ4v) is 3.33. The van der Waals surface area contributed by atoms with E-state index in [1.165, 1.54) is 0 Å². The predicted octanol–water partition coefficient (Wildman–Crippen LogP) is 3.74. The molecule has 3 aromatic rings. The third kappa shape index (κ3) is 3.48. The Morgan fingerprint density at radius 2 is 1.81 bits per heavy atom. The molecule has 1 saturated heterocycles. The summed E-state index contributed by atoms with van der Waals surface area (Å²) in [6.45, 7) is 4.55. The molecule has 0 aliphatic carbocycles. The van der Waals surface area contributed by atoms with E-state index in [0.717, 1.165) is 43.1 Å². The fraction of sp³-hybridized carbons (Fsp3) is 0.286. The first-order valence-corrected chi connectivity index (χ1v) is 9.00. The number of rotatable bonds is 4. The molecule has 1 aliphatic rings. The number of likely N-dealkylation sites (N-methyl/N-ethyl adjacent to an activating group) is 1. The number of piperazine rings is 1. The van der Waals surface area contributed by atoms with Crippen molar-refractivity contribution in [2.24, 2.45) is 0 Å². The van der Waals surface area contributed by atoms with Crippen molar-refractivity contribution < 1.29 is 4.39 Å². The van der Waals surface area contributed by atoms with Crippen LogP contribution in [0.2, 0.25) is 0 Å². The van der Waals surface area contributed by atoms with Crippen molar-refractivity contribution in [3.05, 3.63) is 66.1 Å². The number of benzene rings is 2. The summed E-state index contributed by atoms with van der Waals surface area (Å²) in [6, 6.07) is 15.4. The van der Waals surface area contributed by atoms with Crippen LogP contribution in [0.15, 0.2) is 54.7 Å². The number of pyridine rings is 1. The van der Waals surface area contributed by atoms with Gasteiger partial charge in [0.25, 0.3) is 0 Å². The summed E-state index contributed by atoms with van der Waals surface area (Å²) < 4.78 is 14.6. The first kappa shape index (κ1) is 16.8. The molecule has 0 atom stereocenters. The van der Waals surface area contributed by atoms with Crippen molar-refractivity contribution in [2.75, 3.05) is 43.4 Å². The van der Waals surface area contributed by atoms with E-state index in [1.807, 2.05) is 54.7 Å². The molecule has 0 spiro atoms. The smallest absolute Gasteiger partial charge is 0.135 e. The number of hydrogen-bond acceptors (Lipinski definition) is 4. The summed E-state index contributed by atoms with van der Waals surface area (Å²) in [4.78, 5) is 9.19. The SMILES string of the molecule is CN1CCN(c2ccc(NCc3ccc4ccccc4c3F)cn2)CC1. The lowest BCUT2D eigenvalue weighted by Crippen LogP contribution is -2.44. The Kier molecular flexibility index (Phi) is 4.71. The van der Waals surface area contributed by atoms with Crippen LogP contribution < -0.4 is 10.2 Å². The van der Waals surface area contributed by atoms with Gasteiger partial charge in [0.15, 0.2) is 0 Å². The summed E-state index contributed by atoms with van der Waals surface area (Å²) >= 11 is 0. The standard InChI is InChI=1S/C21H23FN4/c1-25-10-12-26(13-11-25)20-9-8-18(15-24-20)23-14-17-7-6-16-4-2-3-5-19(16)21(17)22/h2-9,15,23H,10-14H2,1H3. The van der Waals surface area contributed by atoms with E-state index < -0.39 is 0 Å². The van der Waals surface area contributed by atoms with Gasteiger partial charge in [-0.2, -0.15) is 0 Å². The highest BCUT2D eigenvalue weighted by Gasteiger charge is 2.15. The lowest BCUT2D eigenvalue weighted by molar-refractivity contribution is 0.312. The molecule has 134 valence electrons. The van der Waals surface area contributed by atoms with Crippen LogP contribution in [0.3, 0.4) is 0 Å². The third-order valence-electron chi connectivity index (χ3n) is 5.00. The first-order valence-electron chi connectivity index (χ1n) is 9.00. The Hall–Kier alpha value is -2.66. The molecule has 5 heteroatoms. The molecule has 1 aromatic heterocycles. The Bertz CT molecular complexity index is 886. The molecular formula is C21H23FN4. The quantitative estimate of drug-likeness (QED) is 0.777. The number of anilines is 2. The van der Waals surface area contributed by atoms with Gasteiger partial charge in [-0.15, -0.1) is 0 Å². The van der Waals surface area contributed by atoms with E-state index in [4.69, 9.17) is 0 Å². The third-order valence-corrected chi connectivity index (χ3v) is 5.00. The van der Waals surface area contributed by atoms with Crippen LogP contribution in [0.4, 0.5) is 15.9 Å². The first-order chi connectivity index (χ1) is 12.7. The summed E-state index contributed by atoms with van der Waals surface area (Å²) in [5.74, 6) is 0.846. The van der Waals surface area contributed by atoms with E-state index >= 15 is 0 Å². The molecule has 1 N–H and O–H groups in total. The van der Waals surface area contributed by atoms with Crippen LogP contribution in [-0.2, 0) is 6.54 Å². The molecule has 2 heterocycles. The Morgan fingerprint density at radius 3 is 2.58 bits per heavy atom. The molecule has 0 radical (unpaired) electrons. The summed E-state index contributed by atoms with van der Waals surface area (Å²) in [7, 11) is 2.14. The zero-order valence-corrected chi connectivity index (χ0v) is 15.0. The van der Waals surface area contributed by atoms with Crippen LogP contribution in [-0.4, -0.2) is 43.1 Å². The minimum Gasteiger partial charge on any atom is -0.380 e. The molecule has 2 aromatic carbocycles. The van der Waals surface area contributed by atoms with E-state index in [-0.39, 0.29) is 5.82 Å². The maximum absolute atomic E-state index is 14.6. The Balaban J connectivity index is 1.43. The zero-order chi connectivity index (χ0) is 17.9. The van der Waals surface area contributed by atoms with Gasteiger partial charge >= 0.3 is 0 Å². The van der Waals surface area contributed by atoms with Gasteiger partial charge in [0.2, 0.25) is 0 Å². The molecule has 0 amide bonds. The highest BCUT2D eigenvalue weighted by Crippen LogP contribution is 2.22. The maximum atomic E-state index is 14.6. The molecule has 4 nitrogen and oxygen atoms in total. The van der Waals surface area contributed by atoms with Crippen LogP contribution >= 0.6 is 0 Å². The average molecular weight is 350 g/mol. The number of fused-ring (bicyclic) bond motifs is 1. The second-order valence-corrected chi connectivity index (χ2v) is 6.81. The molecule has 26 heavy (non-hydrogen) atoms. The molecule has 4 rings (SSSR count). The number of hydrogen-bond donors (Lipinski definition) is 1.